The molecule has 0 saturated carbocycles. The molecule has 6 nitrogen and oxygen atoms in total. The normalized spacial score (nSPS) is 17.0. The van der Waals surface area contributed by atoms with Crippen LogP contribution in [0.1, 0.15) is 23.1 Å². The third-order valence-corrected chi connectivity index (χ3v) is 4.99. The Balaban J connectivity index is 1.88. The van der Waals surface area contributed by atoms with E-state index in [2.05, 4.69) is 5.10 Å². The second kappa shape index (κ2) is 9.35. The van der Waals surface area contributed by atoms with Crippen LogP contribution in [0.15, 0.2) is 59.2 Å². The van der Waals surface area contributed by atoms with E-state index in [1.54, 1.807) is 12.1 Å². The number of nitrogens with zero attached hydrogens (tertiary/aromatic N) is 2. The fourth-order valence-corrected chi connectivity index (χ4v) is 3.29. The van der Waals surface area contributed by atoms with E-state index in [4.69, 9.17) is 4.74 Å². The van der Waals surface area contributed by atoms with Crippen molar-refractivity contribution in [1.29, 1.82) is 0 Å². The highest BCUT2D eigenvalue weighted by Gasteiger charge is 2.38. The predicted molar refractivity (Wildman–Crippen MR) is 113 cm³/mol. The van der Waals surface area contributed by atoms with Gasteiger partial charge in [-0.25, -0.2) is 9.80 Å². The van der Waals surface area contributed by atoms with Gasteiger partial charge in [0, 0.05) is 12.7 Å². The maximum Gasteiger partial charge on any atom is 0.416 e. The Hall–Kier alpha value is -3.46. The van der Waals surface area contributed by atoms with E-state index in [-0.39, 0.29) is 24.2 Å². The molecule has 0 aliphatic carbocycles. The number of aliphatic carboxylic acids is 1. The molecule has 1 amide bonds. The summed E-state index contributed by atoms with van der Waals surface area (Å²) in [4.78, 5) is 24.9. The molecular formula is C23H21F3N2O4. The summed E-state index contributed by atoms with van der Waals surface area (Å²) in [6, 6.07) is 11.3. The van der Waals surface area contributed by atoms with Crippen LogP contribution in [0, 0.1) is 12.8 Å². The van der Waals surface area contributed by atoms with E-state index >= 15 is 0 Å². The van der Waals surface area contributed by atoms with Crippen LogP contribution in [-0.2, 0) is 20.5 Å². The molecule has 9 heteroatoms. The van der Waals surface area contributed by atoms with Crippen molar-refractivity contribution in [3.05, 3.63) is 70.8 Å². The standard InChI is InChI=1S/C23H21F3N2O4/c1-14-3-9-18(10-4-14)28-21(29)19(20(27-28)13-32-2)12-16(22(30)31)11-15-5-7-17(8-6-15)23(24,25)26/h3-11,19H,12-13H2,1-2H3,(H,30,31)/b16-11-. The number of carbonyl (C=O) groups is 2. The molecular weight excluding hydrogens is 425 g/mol. The first-order chi connectivity index (χ1) is 15.1. The smallest absolute Gasteiger partial charge is 0.416 e. The maximum atomic E-state index is 13.1. The first-order valence-corrected chi connectivity index (χ1v) is 9.68. The summed E-state index contributed by atoms with van der Waals surface area (Å²) in [7, 11) is 1.44. The molecule has 0 saturated heterocycles. The number of halogens is 3. The van der Waals surface area contributed by atoms with Crippen LogP contribution in [-0.4, -0.2) is 36.4 Å². The van der Waals surface area contributed by atoms with Gasteiger partial charge in [0.15, 0.2) is 0 Å². The van der Waals surface area contributed by atoms with Crippen LogP contribution in [0.4, 0.5) is 18.9 Å². The van der Waals surface area contributed by atoms with E-state index in [0.29, 0.717) is 11.4 Å². The average molecular weight is 446 g/mol. The van der Waals surface area contributed by atoms with Gasteiger partial charge in [-0.15, -0.1) is 0 Å². The van der Waals surface area contributed by atoms with Gasteiger partial charge in [-0.3, -0.25) is 4.79 Å². The van der Waals surface area contributed by atoms with Crippen LogP contribution in [0.2, 0.25) is 0 Å². The number of aryl methyl sites for hydroxylation is 1. The van der Waals surface area contributed by atoms with Crippen LogP contribution in [0.5, 0.6) is 0 Å². The third kappa shape index (κ3) is 5.23. The number of carboxylic acid groups (broad SMARTS) is 1. The monoisotopic (exact) mass is 446 g/mol. The second-order valence-corrected chi connectivity index (χ2v) is 7.36. The number of benzene rings is 2. The number of hydrogen-bond donors (Lipinski definition) is 1. The SMILES string of the molecule is COCC1=NN(c2ccc(C)cc2)C(=O)C1C/C(=C/c1ccc(C(F)(F)F)cc1)C(=O)O. The molecule has 1 atom stereocenters. The molecule has 0 spiro atoms. The molecule has 0 radical (unpaired) electrons. The first kappa shape index (κ1) is 23.2. The number of hydrogen-bond acceptors (Lipinski definition) is 4. The van der Waals surface area contributed by atoms with Gasteiger partial charge in [-0.1, -0.05) is 29.8 Å². The average Bonchev–Trinajstić information content (AvgIpc) is 3.03. The fraction of sp³-hybridized carbons (Fsp3) is 0.261. The largest absolute Gasteiger partial charge is 0.478 e. The van der Waals surface area contributed by atoms with Gasteiger partial charge >= 0.3 is 12.1 Å². The van der Waals surface area contributed by atoms with Crippen molar-refractivity contribution >= 4 is 29.4 Å². The van der Waals surface area contributed by atoms with Crippen LogP contribution in [0.25, 0.3) is 6.08 Å². The summed E-state index contributed by atoms with van der Waals surface area (Å²) >= 11 is 0. The van der Waals surface area contributed by atoms with E-state index < -0.39 is 29.5 Å². The summed E-state index contributed by atoms with van der Waals surface area (Å²) in [5, 5.41) is 15.2. The zero-order valence-corrected chi connectivity index (χ0v) is 17.4. The Kier molecular flexibility index (Phi) is 6.78. The highest BCUT2D eigenvalue weighted by atomic mass is 19.4. The highest BCUT2D eigenvalue weighted by molar-refractivity contribution is 6.16. The van der Waals surface area contributed by atoms with Crippen LogP contribution >= 0.6 is 0 Å². The van der Waals surface area contributed by atoms with Gasteiger partial charge in [0.1, 0.15) is 0 Å². The summed E-state index contributed by atoms with van der Waals surface area (Å²) in [5.74, 6) is -2.54. The van der Waals surface area contributed by atoms with Crippen molar-refractivity contribution in [1.82, 2.24) is 0 Å². The first-order valence-electron chi connectivity index (χ1n) is 9.68. The summed E-state index contributed by atoms with van der Waals surface area (Å²) in [6.45, 7) is 1.94. The highest BCUT2D eigenvalue weighted by Crippen LogP contribution is 2.31. The zero-order chi connectivity index (χ0) is 23.5. The number of carboxylic acids is 1. The van der Waals surface area contributed by atoms with Crippen molar-refractivity contribution in [2.24, 2.45) is 11.0 Å². The minimum atomic E-state index is -4.49. The lowest BCUT2D eigenvalue weighted by Crippen LogP contribution is -2.29. The molecule has 1 unspecified atom stereocenters. The Labute approximate surface area is 182 Å². The molecule has 1 N–H and O–H groups in total. The number of ether oxygens (including phenoxy) is 1. The van der Waals surface area contributed by atoms with E-state index in [1.165, 1.54) is 30.3 Å². The van der Waals surface area contributed by atoms with Gasteiger partial charge < -0.3 is 9.84 Å². The van der Waals surface area contributed by atoms with Gasteiger partial charge in [0.25, 0.3) is 5.91 Å². The van der Waals surface area contributed by atoms with Crippen molar-refractivity contribution in [3.8, 4) is 0 Å². The van der Waals surface area contributed by atoms with E-state index in [0.717, 1.165) is 17.7 Å². The number of alkyl halides is 3. The third-order valence-electron chi connectivity index (χ3n) is 4.99. The predicted octanol–water partition coefficient (Wildman–Crippen LogP) is 4.54. The van der Waals surface area contributed by atoms with Gasteiger partial charge in [-0.05, 0) is 49.2 Å². The van der Waals surface area contributed by atoms with E-state index in [1.807, 2.05) is 19.1 Å². The molecule has 1 aliphatic heterocycles. The Morgan fingerprint density at radius 2 is 1.78 bits per heavy atom. The molecule has 2 aromatic rings. The number of hydrazone groups is 1. The number of amides is 1. The minimum absolute atomic E-state index is 0.0337. The van der Waals surface area contributed by atoms with Crippen molar-refractivity contribution < 1.29 is 32.6 Å². The van der Waals surface area contributed by atoms with Crippen LogP contribution in [0.3, 0.4) is 0 Å². The lowest BCUT2D eigenvalue weighted by atomic mass is 9.93. The molecule has 3 rings (SSSR count). The molecule has 0 fully saturated rings. The lowest BCUT2D eigenvalue weighted by Gasteiger charge is -2.15. The van der Waals surface area contributed by atoms with Gasteiger partial charge in [0.05, 0.1) is 29.5 Å². The van der Waals surface area contributed by atoms with Crippen molar-refractivity contribution in [2.75, 3.05) is 18.7 Å². The van der Waals surface area contributed by atoms with Gasteiger partial charge in [0.2, 0.25) is 0 Å². The number of rotatable bonds is 7. The molecule has 168 valence electrons. The zero-order valence-electron chi connectivity index (χ0n) is 17.4. The van der Waals surface area contributed by atoms with Crippen molar-refractivity contribution in [2.45, 2.75) is 19.5 Å². The second-order valence-electron chi connectivity index (χ2n) is 7.36. The Morgan fingerprint density at radius 1 is 1.16 bits per heavy atom. The summed E-state index contributed by atoms with van der Waals surface area (Å²) in [6.07, 6.45) is -3.41. The molecule has 1 aliphatic rings. The lowest BCUT2D eigenvalue weighted by molar-refractivity contribution is -0.137. The quantitative estimate of drug-likeness (QED) is 0.634. The number of methoxy groups -OCH3 is 1. The van der Waals surface area contributed by atoms with Gasteiger partial charge in [-0.2, -0.15) is 18.3 Å². The molecule has 0 aromatic heterocycles. The number of carbonyl (C=O) groups excluding carboxylic acids is 1. The fourth-order valence-electron chi connectivity index (χ4n) is 3.29. The van der Waals surface area contributed by atoms with E-state index in [9.17, 15) is 27.9 Å². The number of anilines is 1. The maximum absolute atomic E-state index is 13.1. The molecule has 32 heavy (non-hydrogen) atoms. The van der Waals surface area contributed by atoms with Crippen LogP contribution < -0.4 is 5.01 Å². The summed E-state index contributed by atoms with van der Waals surface area (Å²) in [5.41, 5.74) is 1.24. The minimum Gasteiger partial charge on any atom is -0.478 e. The molecule has 0 bridgehead atoms. The molecule has 1 heterocycles. The summed E-state index contributed by atoms with van der Waals surface area (Å²) < 4.78 is 43.4. The Morgan fingerprint density at radius 3 is 2.31 bits per heavy atom. The molecule has 2 aromatic carbocycles. The Bertz CT molecular complexity index is 1060. The topological polar surface area (TPSA) is 79.2 Å². The van der Waals surface area contributed by atoms with Crippen molar-refractivity contribution in [3.63, 3.8) is 0 Å².